The third-order valence-electron chi connectivity index (χ3n) is 1.20. The van der Waals surface area contributed by atoms with Gasteiger partial charge in [0.25, 0.3) is 0 Å². The third kappa shape index (κ3) is 5.02. The summed E-state index contributed by atoms with van der Waals surface area (Å²) < 4.78 is 57.5. The van der Waals surface area contributed by atoms with Crippen LogP contribution in [0.2, 0.25) is 0 Å². The summed E-state index contributed by atoms with van der Waals surface area (Å²) in [7, 11) is -5.84. The highest BCUT2D eigenvalue weighted by Gasteiger charge is 2.44. The smallest absolute Gasteiger partial charge is 0.356 e. The van der Waals surface area contributed by atoms with E-state index in [1.54, 1.807) is 0 Å². The normalized spacial score (nSPS) is 17.0. The lowest BCUT2D eigenvalue weighted by molar-refractivity contribution is -0.119. The zero-order valence-corrected chi connectivity index (χ0v) is 7.65. The van der Waals surface area contributed by atoms with Gasteiger partial charge in [0.2, 0.25) is 5.91 Å². The molecule has 0 aromatic rings. The van der Waals surface area contributed by atoms with Gasteiger partial charge in [0, 0.05) is 13.0 Å². The molecule has 0 bridgehead atoms. The van der Waals surface area contributed by atoms with E-state index in [2.05, 4.69) is 5.32 Å². The summed E-state index contributed by atoms with van der Waals surface area (Å²) in [6.45, 7) is 0.888. The van der Waals surface area contributed by atoms with Gasteiger partial charge < -0.3 is 5.32 Å². The topological polar surface area (TPSA) is 83.5 Å². The van der Waals surface area contributed by atoms with Crippen LogP contribution in [-0.2, 0) is 14.9 Å². The molecular weight excluding hydrogens is 227 g/mol. The van der Waals surface area contributed by atoms with Crippen LogP contribution in [0.4, 0.5) is 13.2 Å². The van der Waals surface area contributed by atoms with Crippen LogP contribution in [0, 0.1) is 0 Å². The number of hydrogen-bond acceptors (Lipinski definition) is 3. The van der Waals surface area contributed by atoms with E-state index in [9.17, 15) is 18.0 Å². The van der Waals surface area contributed by atoms with Crippen LogP contribution >= 0.6 is 0 Å². The zero-order valence-electron chi connectivity index (χ0n) is 6.84. The van der Waals surface area contributed by atoms with Crippen LogP contribution in [0.3, 0.4) is 0 Å². The van der Waals surface area contributed by atoms with Crippen LogP contribution in [0.25, 0.3) is 0 Å². The molecule has 0 radical (unpaired) electrons. The van der Waals surface area contributed by atoms with Gasteiger partial charge in [-0.3, -0.25) is 9.35 Å². The largest absolute Gasteiger partial charge is 0.522 e. The first-order valence-corrected chi connectivity index (χ1v) is 4.89. The minimum atomic E-state index is -5.84. The van der Waals surface area contributed by atoms with Crippen molar-refractivity contribution < 1.29 is 30.9 Å². The molecule has 0 unspecified atom stereocenters. The van der Waals surface area contributed by atoms with Gasteiger partial charge in [-0.15, -0.1) is 0 Å². The second-order valence-electron chi connectivity index (χ2n) is 2.37. The second kappa shape index (κ2) is 4.60. The van der Waals surface area contributed by atoms with E-state index in [4.69, 9.17) is 13.0 Å². The second-order valence-corrected chi connectivity index (χ2v) is 3.79. The van der Waals surface area contributed by atoms with E-state index in [0.717, 1.165) is 19.4 Å². The number of rotatable bonds is 0. The van der Waals surface area contributed by atoms with E-state index in [1.807, 2.05) is 0 Å². The molecule has 1 fully saturated rings. The Morgan fingerprint density at radius 1 is 1.36 bits per heavy atom. The lowest BCUT2D eigenvalue weighted by atomic mass is 10.4. The quantitative estimate of drug-likeness (QED) is 0.467. The Bertz CT molecular complexity index is 289. The molecule has 0 aromatic carbocycles. The molecule has 1 aliphatic heterocycles. The summed E-state index contributed by atoms with van der Waals surface area (Å²) in [6.07, 6.45) is 1.76. The minimum Gasteiger partial charge on any atom is -0.356 e. The monoisotopic (exact) mass is 235 g/mol. The summed E-state index contributed by atoms with van der Waals surface area (Å²) in [6, 6.07) is 0. The minimum absolute atomic E-state index is 0.204. The van der Waals surface area contributed by atoms with E-state index in [1.165, 1.54) is 0 Å². The maximum Gasteiger partial charge on any atom is 0.522 e. The number of carbonyl (C=O) groups excluding carboxylic acids is 1. The van der Waals surface area contributed by atoms with Gasteiger partial charge in [-0.1, -0.05) is 0 Å². The average molecular weight is 235 g/mol. The number of halogens is 3. The molecule has 1 saturated heterocycles. The summed E-state index contributed by atoms with van der Waals surface area (Å²) in [5.41, 5.74) is -5.53. The van der Waals surface area contributed by atoms with Crippen LogP contribution in [0.15, 0.2) is 0 Å². The van der Waals surface area contributed by atoms with Crippen LogP contribution in [0.5, 0.6) is 0 Å². The van der Waals surface area contributed by atoms with Crippen LogP contribution < -0.4 is 5.32 Å². The Labute approximate surface area is 78.0 Å². The fourth-order valence-corrected chi connectivity index (χ4v) is 0.565. The lowest BCUT2D eigenvalue weighted by Gasteiger charge is -1.97. The highest BCUT2D eigenvalue weighted by molar-refractivity contribution is 7.86. The molecule has 1 rings (SSSR count). The first-order valence-electron chi connectivity index (χ1n) is 3.45. The predicted octanol–water partition coefficient (Wildman–Crippen LogP) is 0.290. The number of carbonyl (C=O) groups is 1. The Morgan fingerprint density at radius 3 is 1.86 bits per heavy atom. The van der Waals surface area contributed by atoms with Gasteiger partial charge in [0.1, 0.15) is 0 Å². The molecular formula is C5H8F3NO4S. The number of nitrogens with one attached hydrogen (secondary N) is 1. The fourth-order valence-electron chi connectivity index (χ4n) is 0.565. The van der Waals surface area contributed by atoms with Crippen molar-refractivity contribution in [2.24, 2.45) is 0 Å². The first-order chi connectivity index (χ1) is 6.14. The lowest BCUT2D eigenvalue weighted by Crippen LogP contribution is -2.21. The molecule has 84 valence electrons. The van der Waals surface area contributed by atoms with Crippen molar-refractivity contribution in [1.82, 2.24) is 5.32 Å². The highest BCUT2D eigenvalue weighted by Crippen LogP contribution is 2.20. The standard InChI is InChI=1S/C4H7NO.CHF3O3S/c6-4-2-1-3-5-4;2-1(3,4)8(5,6)7/h1-3H2,(H,5,6);(H,5,6,7). The van der Waals surface area contributed by atoms with Crippen molar-refractivity contribution in [3.8, 4) is 0 Å². The molecule has 2 N–H and O–H groups in total. The van der Waals surface area contributed by atoms with Crippen molar-refractivity contribution in [3.05, 3.63) is 0 Å². The van der Waals surface area contributed by atoms with Gasteiger partial charge in [-0.05, 0) is 6.42 Å². The third-order valence-corrected chi connectivity index (χ3v) is 1.78. The fraction of sp³-hybridized carbons (Fsp3) is 0.800. The van der Waals surface area contributed by atoms with Crippen LogP contribution in [-0.4, -0.2) is 30.9 Å². The summed E-state index contributed by atoms with van der Waals surface area (Å²) in [5.74, 6) is 0.204. The van der Waals surface area contributed by atoms with Crippen molar-refractivity contribution in [2.75, 3.05) is 6.54 Å². The highest BCUT2D eigenvalue weighted by atomic mass is 32.2. The Morgan fingerprint density at radius 2 is 1.79 bits per heavy atom. The SMILES string of the molecule is O=C1CCCN1.O=S(=O)(O)C(F)(F)F. The van der Waals surface area contributed by atoms with E-state index < -0.39 is 15.6 Å². The molecule has 0 aromatic heterocycles. The van der Waals surface area contributed by atoms with Gasteiger partial charge in [0.15, 0.2) is 0 Å². The van der Waals surface area contributed by atoms with E-state index in [0.29, 0.717) is 0 Å². The summed E-state index contributed by atoms with van der Waals surface area (Å²) >= 11 is 0. The van der Waals surface area contributed by atoms with Crippen molar-refractivity contribution >= 4 is 16.0 Å². The van der Waals surface area contributed by atoms with Crippen LogP contribution in [0.1, 0.15) is 12.8 Å². The number of amides is 1. The molecule has 5 nitrogen and oxygen atoms in total. The molecule has 14 heavy (non-hydrogen) atoms. The first kappa shape index (κ1) is 13.2. The summed E-state index contributed by atoms with van der Waals surface area (Å²) in [4.78, 5) is 10.1. The molecule has 0 spiro atoms. The van der Waals surface area contributed by atoms with Crippen molar-refractivity contribution in [2.45, 2.75) is 18.3 Å². The Kier molecular flexibility index (Phi) is 4.33. The van der Waals surface area contributed by atoms with Gasteiger partial charge >= 0.3 is 15.6 Å². The van der Waals surface area contributed by atoms with Crippen molar-refractivity contribution in [3.63, 3.8) is 0 Å². The Hall–Kier alpha value is -0.830. The maximum absolute atomic E-state index is 10.7. The maximum atomic E-state index is 10.7. The van der Waals surface area contributed by atoms with Gasteiger partial charge in [-0.2, -0.15) is 21.6 Å². The summed E-state index contributed by atoms with van der Waals surface area (Å²) in [5, 5.41) is 2.68. The molecule has 9 heteroatoms. The van der Waals surface area contributed by atoms with Gasteiger partial charge in [0.05, 0.1) is 0 Å². The van der Waals surface area contributed by atoms with Gasteiger partial charge in [-0.25, -0.2) is 0 Å². The molecule has 1 heterocycles. The molecule has 1 amide bonds. The molecule has 0 saturated carbocycles. The zero-order chi connectivity index (χ0) is 11.4. The average Bonchev–Trinajstić information content (AvgIpc) is 2.35. The molecule has 0 atom stereocenters. The van der Waals surface area contributed by atoms with E-state index >= 15 is 0 Å². The number of alkyl halides is 3. The Balaban J connectivity index is 0.000000249. The molecule has 1 aliphatic rings. The predicted molar refractivity (Wildman–Crippen MR) is 39.8 cm³/mol. The molecule has 0 aliphatic carbocycles. The van der Waals surface area contributed by atoms with E-state index in [-0.39, 0.29) is 5.91 Å². The van der Waals surface area contributed by atoms with Crippen molar-refractivity contribution in [1.29, 1.82) is 0 Å². The number of hydrogen-bond donors (Lipinski definition) is 2.